The predicted molar refractivity (Wildman–Crippen MR) is 42.7 cm³/mol. The molecule has 0 aromatic rings. The van der Waals surface area contributed by atoms with Crippen molar-refractivity contribution in [1.82, 2.24) is 0 Å². The van der Waals surface area contributed by atoms with Crippen molar-refractivity contribution in [2.45, 2.75) is 26.7 Å². The molecule has 1 heteroatoms. The molecule has 1 rings (SSSR count). The van der Waals surface area contributed by atoms with Gasteiger partial charge in [0.25, 0.3) is 0 Å². The van der Waals surface area contributed by atoms with Gasteiger partial charge in [-0.2, -0.15) is 0 Å². The number of hydrogen-bond donors (Lipinski definition) is 0. The van der Waals surface area contributed by atoms with Gasteiger partial charge in [0, 0.05) is 0 Å². The zero-order valence-electron chi connectivity index (χ0n) is 6.68. The van der Waals surface area contributed by atoms with Gasteiger partial charge in [0.2, 0.25) is 0 Å². The molecule has 0 amide bonds. The zero-order valence-corrected chi connectivity index (χ0v) is 6.68. The van der Waals surface area contributed by atoms with Crippen LogP contribution in [0.1, 0.15) is 26.7 Å². The van der Waals surface area contributed by atoms with Gasteiger partial charge in [0.1, 0.15) is 5.76 Å². The molecule has 10 heavy (non-hydrogen) atoms. The first kappa shape index (κ1) is 7.39. The lowest BCUT2D eigenvalue weighted by atomic mass is 10.1. The molecule has 0 fully saturated rings. The molecule has 0 aromatic heterocycles. The van der Waals surface area contributed by atoms with E-state index in [4.69, 9.17) is 4.74 Å². The summed E-state index contributed by atoms with van der Waals surface area (Å²) >= 11 is 0. The van der Waals surface area contributed by atoms with Crippen LogP contribution in [-0.4, -0.2) is 6.61 Å². The van der Waals surface area contributed by atoms with Crippen LogP contribution in [0.5, 0.6) is 0 Å². The first-order valence-electron chi connectivity index (χ1n) is 3.80. The minimum Gasteiger partial charge on any atom is -0.494 e. The summed E-state index contributed by atoms with van der Waals surface area (Å²) in [5, 5.41) is 0. The van der Waals surface area contributed by atoms with E-state index in [1.165, 1.54) is 18.4 Å². The van der Waals surface area contributed by atoms with Crippen molar-refractivity contribution >= 4 is 0 Å². The third-order valence-electron chi connectivity index (χ3n) is 1.69. The van der Waals surface area contributed by atoms with Gasteiger partial charge in [-0.1, -0.05) is 6.08 Å². The van der Waals surface area contributed by atoms with E-state index in [1.54, 1.807) is 0 Å². The lowest BCUT2D eigenvalue weighted by molar-refractivity contribution is 0.199. The maximum atomic E-state index is 5.42. The summed E-state index contributed by atoms with van der Waals surface area (Å²) in [7, 11) is 0. The van der Waals surface area contributed by atoms with Gasteiger partial charge < -0.3 is 4.74 Å². The molecule has 0 aliphatic carbocycles. The Morgan fingerprint density at radius 1 is 1.50 bits per heavy atom. The summed E-state index contributed by atoms with van der Waals surface area (Å²) in [6.45, 7) is 5.03. The molecule has 0 N–H and O–H groups in total. The monoisotopic (exact) mass is 138 g/mol. The van der Waals surface area contributed by atoms with Crippen LogP contribution in [0.4, 0.5) is 0 Å². The highest BCUT2D eigenvalue weighted by molar-refractivity contribution is 5.19. The Hall–Kier alpha value is -0.720. The quantitative estimate of drug-likeness (QED) is 0.541. The zero-order chi connectivity index (χ0) is 7.40. The SMILES string of the molecule is C/C=C\C1=C(C)CCCO1. The molecule has 0 spiro atoms. The lowest BCUT2D eigenvalue weighted by Gasteiger charge is -2.15. The molecule has 1 nitrogen and oxygen atoms in total. The Morgan fingerprint density at radius 3 is 2.90 bits per heavy atom. The maximum absolute atomic E-state index is 5.42. The van der Waals surface area contributed by atoms with Gasteiger partial charge >= 0.3 is 0 Å². The molecule has 0 saturated carbocycles. The average Bonchev–Trinajstić information content (AvgIpc) is 1.94. The van der Waals surface area contributed by atoms with E-state index in [0.717, 1.165) is 12.4 Å². The van der Waals surface area contributed by atoms with E-state index in [0.29, 0.717) is 0 Å². The first-order chi connectivity index (χ1) is 4.84. The van der Waals surface area contributed by atoms with Crippen LogP contribution in [0.15, 0.2) is 23.5 Å². The summed E-state index contributed by atoms with van der Waals surface area (Å²) in [4.78, 5) is 0. The predicted octanol–water partition coefficient (Wildman–Crippen LogP) is 2.65. The van der Waals surface area contributed by atoms with Crippen molar-refractivity contribution in [1.29, 1.82) is 0 Å². The van der Waals surface area contributed by atoms with Crippen LogP contribution in [0, 0.1) is 0 Å². The number of allylic oxidation sites excluding steroid dienone is 3. The molecule has 56 valence electrons. The number of hydrogen-bond acceptors (Lipinski definition) is 1. The normalized spacial score (nSPS) is 19.8. The minimum atomic E-state index is 0.886. The van der Waals surface area contributed by atoms with Gasteiger partial charge in [0.05, 0.1) is 6.61 Å². The van der Waals surface area contributed by atoms with Crippen LogP contribution < -0.4 is 0 Å². The summed E-state index contributed by atoms with van der Waals surface area (Å²) in [6, 6.07) is 0. The summed E-state index contributed by atoms with van der Waals surface area (Å²) in [5.74, 6) is 1.08. The van der Waals surface area contributed by atoms with E-state index in [-0.39, 0.29) is 0 Å². The highest BCUT2D eigenvalue weighted by Gasteiger charge is 2.05. The van der Waals surface area contributed by atoms with E-state index in [9.17, 15) is 0 Å². The van der Waals surface area contributed by atoms with Gasteiger partial charge in [0.15, 0.2) is 0 Å². The van der Waals surface area contributed by atoms with Crippen molar-refractivity contribution in [3.63, 3.8) is 0 Å². The maximum Gasteiger partial charge on any atom is 0.117 e. The Labute approximate surface area is 62.4 Å². The highest BCUT2D eigenvalue weighted by Crippen LogP contribution is 2.18. The van der Waals surface area contributed by atoms with Crippen molar-refractivity contribution in [2.75, 3.05) is 6.61 Å². The van der Waals surface area contributed by atoms with Crippen molar-refractivity contribution in [2.24, 2.45) is 0 Å². The average molecular weight is 138 g/mol. The van der Waals surface area contributed by atoms with Gasteiger partial charge in [-0.15, -0.1) is 0 Å². The van der Waals surface area contributed by atoms with Gasteiger partial charge in [-0.05, 0) is 38.3 Å². The van der Waals surface area contributed by atoms with Crippen LogP contribution in [0.3, 0.4) is 0 Å². The van der Waals surface area contributed by atoms with Gasteiger partial charge in [-0.25, -0.2) is 0 Å². The molecule has 1 aliphatic rings. The fourth-order valence-corrected chi connectivity index (χ4v) is 1.11. The van der Waals surface area contributed by atoms with E-state index in [2.05, 4.69) is 6.92 Å². The van der Waals surface area contributed by atoms with E-state index < -0.39 is 0 Å². The van der Waals surface area contributed by atoms with Crippen molar-refractivity contribution in [3.05, 3.63) is 23.5 Å². The third-order valence-corrected chi connectivity index (χ3v) is 1.69. The molecule has 1 heterocycles. The molecule has 0 atom stereocenters. The second kappa shape index (κ2) is 3.45. The highest BCUT2D eigenvalue weighted by atomic mass is 16.5. The first-order valence-corrected chi connectivity index (χ1v) is 3.80. The Morgan fingerprint density at radius 2 is 2.30 bits per heavy atom. The smallest absolute Gasteiger partial charge is 0.117 e. The van der Waals surface area contributed by atoms with Crippen molar-refractivity contribution in [3.8, 4) is 0 Å². The Bertz CT molecular complexity index is 166. The standard InChI is InChI=1S/C9H14O/c1-3-5-9-8(2)6-4-7-10-9/h3,5H,4,6-7H2,1-2H3/b5-3-. The molecular weight excluding hydrogens is 124 g/mol. The van der Waals surface area contributed by atoms with Crippen LogP contribution in [0.25, 0.3) is 0 Å². The minimum absolute atomic E-state index is 0.886. The third kappa shape index (κ3) is 1.63. The summed E-state index contributed by atoms with van der Waals surface area (Å²) in [5.41, 5.74) is 1.38. The molecule has 0 aromatic carbocycles. The topological polar surface area (TPSA) is 9.23 Å². The van der Waals surface area contributed by atoms with Crippen LogP contribution in [0.2, 0.25) is 0 Å². The number of ether oxygens (including phenoxy) is 1. The molecule has 0 unspecified atom stereocenters. The summed E-state index contributed by atoms with van der Waals surface area (Å²) < 4.78 is 5.42. The molecule has 0 saturated heterocycles. The van der Waals surface area contributed by atoms with Crippen molar-refractivity contribution < 1.29 is 4.74 Å². The fourth-order valence-electron chi connectivity index (χ4n) is 1.11. The Balaban J connectivity index is 2.68. The van der Waals surface area contributed by atoms with E-state index >= 15 is 0 Å². The second-order valence-electron chi connectivity index (χ2n) is 2.60. The second-order valence-corrected chi connectivity index (χ2v) is 2.60. The largest absolute Gasteiger partial charge is 0.494 e. The molecule has 0 radical (unpaired) electrons. The number of rotatable bonds is 1. The van der Waals surface area contributed by atoms with E-state index in [1.807, 2.05) is 19.1 Å². The lowest BCUT2D eigenvalue weighted by Crippen LogP contribution is -2.02. The summed E-state index contributed by atoms with van der Waals surface area (Å²) in [6.07, 6.45) is 6.42. The Kier molecular flexibility index (Phi) is 2.55. The molecule has 0 bridgehead atoms. The fraction of sp³-hybridized carbons (Fsp3) is 0.556. The molecule has 1 aliphatic heterocycles. The van der Waals surface area contributed by atoms with Crippen LogP contribution >= 0.6 is 0 Å². The van der Waals surface area contributed by atoms with Gasteiger partial charge in [-0.3, -0.25) is 0 Å². The van der Waals surface area contributed by atoms with Crippen LogP contribution in [-0.2, 0) is 4.74 Å². The molecular formula is C9H14O.